The number of aromatic nitrogens is 3. The summed E-state index contributed by atoms with van der Waals surface area (Å²) in [4.78, 5) is 15.0. The van der Waals surface area contributed by atoms with Gasteiger partial charge < -0.3 is 20.1 Å². The molecule has 2 heterocycles. The molecular weight excluding hydrogens is 368 g/mol. The van der Waals surface area contributed by atoms with Crippen LogP contribution in [-0.2, 0) is 4.74 Å². The third kappa shape index (κ3) is 4.32. The van der Waals surface area contributed by atoms with Crippen molar-refractivity contribution < 1.29 is 9.84 Å². The molecule has 1 aliphatic rings. The van der Waals surface area contributed by atoms with Crippen molar-refractivity contribution in [1.82, 2.24) is 15.0 Å². The maximum atomic E-state index is 9.30. The molecular formula is C21H20N6O2. The molecule has 0 spiro atoms. The SMILES string of the molecule is N#Cc1ccccc1-c1ncnc(Nc2ccc(N3CCO[C@H](CO)C3)cc2)n1. The second-order valence-corrected chi connectivity index (χ2v) is 6.58. The van der Waals surface area contributed by atoms with E-state index in [2.05, 4.69) is 31.2 Å². The number of aliphatic hydroxyl groups excluding tert-OH is 1. The molecule has 1 aliphatic heterocycles. The summed E-state index contributed by atoms with van der Waals surface area (Å²) in [6, 6.07) is 17.3. The number of benzene rings is 2. The molecule has 0 radical (unpaired) electrons. The first-order valence-corrected chi connectivity index (χ1v) is 9.30. The van der Waals surface area contributed by atoms with Gasteiger partial charge in [-0.25, -0.2) is 9.97 Å². The van der Waals surface area contributed by atoms with Crippen LogP contribution in [0.25, 0.3) is 11.4 Å². The molecule has 2 aromatic carbocycles. The molecule has 0 amide bonds. The predicted octanol–water partition coefficient (Wildman–Crippen LogP) is 2.35. The number of nitriles is 1. The largest absolute Gasteiger partial charge is 0.394 e. The molecule has 2 N–H and O–H groups in total. The zero-order chi connectivity index (χ0) is 20.1. The lowest BCUT2D eigenvalue weighted by atomic mass is 10.1. The Morgan fingerprint density at radius 1 is 1.17 bits per heavy atom. The standard InChI is InChI=1S/C21H20N6O2/c22-11-15-3-1-2-4-19(15)20-23-14-24-21(26-20)25-16-5-7-17(8-6-16)27-9-10-29-18(12-27)13-28/h1-8,14,18,28H,9-10,12-13H2,(H,23,24,25,26)/t18-/m0/s1. The van der Waals surface area contributed by atoms with E-state index in [1.807, 2.05) is 36.4 Å². The van der Waals surface area contributed by atoms with Crippen molar-refractivity contribution >= 4 is 17.3 Å². The number of ether oxygens (including phenoxy) is 1. The molecule has 0 aliphatic carbocycles. The van der Waals surface area contributed by atoms with Gasteiger partial charge in [-0.2, -0.15) is 10.2 Å². The van der Waals surface area contributed by atoms with Crippen LogP contribution in [0.1, 0.15) is 5.56 Å². The van der Waals surface area contributed by atoms with Gasteiger partial charge in [-0.05, 0) is 36.4 Å². The molecule has 0 bridgehead atoms. The summed E-state index contributed by atoms with van der Waals surface area (Å²) in [7, 11) is 0. The van der Waals surface area contributed by atoms with Crippen LogP contribution in [-0.4, -0.2) is 52.5 Å². The van der Waals surface area contributed by atoms with Crippen LogP contribution in [0.3, 0.4) is 0 Å². The molecule has 29 heavy (non-hydrogen) atoms. The number of anilines is 3. The normalized spacial score (nSPS) is 16.3. The highest BCUT2D eigenvalue weighted by molar-refractivity contribution is 5.66. The van der Waals surface area contributed by atoms with Crippen LogP contribution in [0.4, 0.5) is 17.3 Å². The summed E-state index contributed by atoms with van der Waals surface area (Å²) in [6.45, 7) is 2.08. The fraction of sp³-hybridized carbons (Fsp3) is 0.238. The van der Waals surface area contributed by atoms with Crippen molar-refractivity contribution in [3.8, 4) is 17.5 Å². The van der Waals surface area contributed by atoms with Crippen LogP contribution in [0.2, 0.25) is 0 Å². The molecule has 1 fully saturated rings. The second-order valence-electron chi connectivity index (χ2n) is 6.58. The van der Waals surface area contributed by atoms with Gasteiger partial charge in [-0.1, -0.05) is 12.1 Å². The summed E-state index contributed by atoms with van der Waals surface area (Å²) in [6.07, 6.45) is 1.28. The predicted molar refractivity (Wildman–Crippen MR) is 109 cm³/mol. The minimum Gasteiger partial charge on any atom is -0.394 e. The Kier molecular flexibility index (Phi) is 5.61. The van der Waals surface area contributed by atoms with Gasteiger partial charge in [-0.3, -0.25) is 0 Å². The summed E-state index contributed by atoms with van der Waals surface area (Å²) in [5.41, 5.74) is 3.09. The Hall–Kier alpha value is -3.54. The maximum absolute atomic E-state index is 9.30. The topological polar surface area (TPSA) is 107 Å². The molecule has 146 valence electrons. The molecule has 1 aromatic heterocycles. The monoisotopic (exact) mass is 388 g/mol. The van der Waals surface area contributed by atoms with Gasteiger partial charge in [0.05, 0.1) is 31.0 Å². The van der Waals surface area contributed by atoms with Crippen LogP contribution in [0, 0.1) is 11.3 Å². The van der Waals surface area contributed by atoms with Crippen molar-refractivity contribution in [3.05, 3.63) is 60.4 Å². The van der Waals surface area contributed by atoms with Crippen molar-refractivity contribution in [2.24, 2.45) is 0 Å². The van der Waals surface area contributed by atoms with E-state index in [-0.39, 0.29) is 12.7 Å². The van der Waals surface area contributed by atoms with Crippen molar-refractivity contribution in [2.45, 2.75) is 6.10 Å². The van der Waals surface area contributed by atoms with E-state index in [1.54, 1.807) is 12.1 Å². The fourth-order valence-electron chi connectivity index (χ4n) is 3.21. The lowest BCUT2D eigenvalue weighted by Gasteiger charge is -2.33. The van der Waals surface area contributed by atoms with Gasteiger partial charge in [0.25, 0.3) is 0 Å². The van der Waals surface area contributed by atoms with Crippen molar-refractivity contribution in [3.63, 3.8) is 0 Å². The Morgan fingerprint density at radius 3 is 2.79 bits per heavy atom. The van der Waals surface area contributed by atoms with Crippen LogP contribution in [0.15, 0.2) is 54.9 Å². The van der Waals surface area contributed by atoms with Crippen LogP contribution >= 0.6 is 0 Å². The first-order valence-electron chi connectivity index (χ1n) is 9.30. The molecule has 1 saturated heterocycles. The summed E-state index contributed by atoms with van der Waals surface area (Å²) in [5, 5.41) is 21.8. The quantitative estimate of drug-likeness (QED) is 0.686. The Bertz CT molecular complexity index is 1020. The van der Waals surface area contributed by atoms with E-state index in [0.29, 0.717) is 36.1 Å². The van der Waals surface area contributed by atoms with Gasteiger partial charge in [0.1, 0.15) is 6.33 Å². The number of nitrogens with one attached hydrogen (secondary N) is 1. The number of rotatable bonds is 5. The Labute approximate surface area is 168 Å². The van der Waals surface area contributed by atoms with E-state index in [1.165, 1.54) is 6.33 Å². The highest BCUT2D eigenvalue weighted by atomic mass is 16.5. The Morgan fingerprint density at radius 2 is 2.00 bits per heavy atom. The van der Waals surface area contributed by atoms with Crippen molar-refractivity contribution in [2.75, 3.05) is 36.5 Å². The first-order chi connectivity index (χ1) is 14.3. The molecule has 0 unspecified atom stereocenters. The number of nitrogens with zero attached hydrogens (tertiary/aromatic N) is 5. The number of aliphatic hydroxyl groups is 1. The van der Waals surface area contributed by atoms with Gasteiger partial charge in [0, 0.05) is 30.0 Å². The molecule has 3 aromatic rings. The number of hydrogen-bond donors (Lipinski definition) is 2. The van der Waals surface area contributed by atoms with Crippen molar-refractivity contribution in [1.29, 1.82) is 5.26 Å². The molecule has 4 rings (SSSR count). The summed E-state index contributed by atoms with van der Waals surface area (Å²) in [5.74, 6) is 0.849. The lowest BCUT2D eigenvalue weighted by molar-refractivity contribution is 0.00357. The first kappa shape index (κ1) is 18.8. The zero-order valence-electron chi connectivity index (χ0n) is 15.7. The third-order valence-electron chi connectivity index (χ3n) is 4.69. The lowest BCUT2D eigenvalue weighted by Crippen LogP contribution is -2.44. The Balaban J connectivity index is 1.49. The summed E-state index contributed by atoms with van der Waals surface area (Å²) >= 11 is 0. The van der Waals surface area contributed by atoms with Crippen LogP contribution in [0.5, 0.6) is 0 Å². The smallest absolute Gasteiger partial charge is 0.230 e. The van der Waals surface area contributed by atoms with Crippen LogP contribution < -0.4 is 10.2 Å². The minimum atomic E-state index is -0.151. The average molecular weight is 388 g/mol. The summed E-state index contributed by atoms with van der Waals surface area (Å²) < 4.78 is 5.50. The fourth-order valence-corrected chi connectivity index (χ4v) is 3.21. The van der Waals surface area contributed by atoms with E-state index in [9.17, 15) is 10.4 Å². The zero-order valence-corrected chi connectivity index (χ0v) is 15.7. The number of hydrogen-bond acceptors (Lipinski definition) is 8. The maximum Gasteiger partial charge on any atom is 0.230 e. The number of morpholine rings is 1. The highest BCUT2D eigenvalue weighted by Crippen LogP contribution is 2.23. The average Bonchev–Trinajstić information content (AvgIpc) is 2.80. The molecule has 1 atom stereocenters. The molecule has 8 nitrogen and oxygen atoms in total. The van der Waals surface area contributed by atoms with Gasteiger partial charge >= 0.3 is 0 Å². The third-order valence-corrected chi connectivity index (χ3v) is 4.69. The van der Waals surface area contributed by atoms with E-state index >= 15 is 0 Å². The second kappa shape index (κ2) is 8.65. The van der Waals surface area contributed by atoms with Gasteiger partial charge in [0.15, 0.2) is 5.82 Å². The molecule has 0 saturated carbocycles. The van der Waals surface area contributed by atoms with Gasteiger partial charge in [-0.15, -0.1) is 0 Å². The van der Waals surface area contributed by atoms with E-state index in [0.717, 1.165) is 17.9 Å². The van der Waals surface area contributed by atoms with E-state index in [4.69, 9.17) is 4.74 Å². The molecule has 8 heteroatoms. The van der Waals surface area contributed by atoms with E-state index < -0.39 is 0 Å². The highest BCUT2D eigenvalue weighted by Gasteiger charge is 2.19. The minimum absolute atomic E-state index is 0.0206. The van der Waals surface area contributed by atoms with Gasteiger partial charge in [0.2, 0.25) is 5.95 Å².